The molecule has 2 heterocycles. The lowest BCUT2D eigenvalue weighted by Crippen LogP contribution is -2.40. The Labute approximate surface area is 128 Å². The van der Waals surface area contributed by atoms with Gasteiger partial charge in [0, 0.05) is 24.8 Å². The lowest BCUT2D eigenvalue weighted by atomic mass is 10.0. The Bertz CT molecular complexity index is 713. The second kappa shape index (κ2) is 6.37. The zero-order chi connectivity index (χ0) is 15.4. The van der Waals surface area contributed by atoms with E-state index < -0.39 is 0 Å². The van der Waals surface area contributed by atoms with Crippen molar-refractivity contribution in [3.05, 3.63) is 53.7 Å². The number of rotatable bonds is 2. The van der Waals surface area contributed by atoms with Gasteiger partial charge in [0.05, 0.1) is 36.1 Å². The van der Waals surface area contributed by atoms with E-state index >= 15 is 0 Å². The summed E-state index contributed by atoms with van der Waals surface area (Å²) in [5.74, 6) is -0.0316. The van der Waals surface area contributed by atoms with Gasteiger partial charge >= 0.3 is 0 Å². The molecular weight excluding hydrogens is 278 g/mol. The van der Waals surface area contributed by atoms with Gasteiger partial charge in [0.1, 0.15) is 0 Å². The van der Waals surface area contributed by atoms with Crippen molar-refractivity contribution in [3.8, 4) is 17.3 Å². The Kier molecular flexibility index (Phi) is 4.12. The summed E-state index contributed by atoms with van der Waals surface area (Å²) in [6.45, 7) is 2.37. The van der Waals surface area contributed by atoms with E-state index in [0.29, 0.717) is 43.1 Å². The normalized spacial score (nSPS) is 14.4. The highest BCUT2D eigenvalue weighted by Gasteiger charge is 2.18. The Morgan fingerprint density at radius 2 is 1.95 bits per heavy atom. The maximum absolute atomic E-state index is 12.3. The van der Waals surface area contributed by atoms with Crippen LogP contribution in [0.2, 0.25) is 0 Å². The van der Waals surface area contributed by atoms with Gasteiger partial charge in [0.25, 0.3) is 5.91 Å². The van der Waals surface area contributed by atoms with Gasteiger partial charge in [0.15, 0.2) is 0 Å². The molecule has 1 saturated heterocycles. The van der Waals surface area contributed by atoms with Crippen molar-refractivity contribution in [2.75, 3.05) is 26.3 Å². The van der Waals surface area contributed by atoms with Crippen molar-refractivity contribution in [2.45, 2.75) is 0 Å². The van der Waals surface area contributed by atoms with Gasteiger partial charge in [-0.1, -0.05) is 18.2 Å². The molecule has 0 N–H and O–H groups in total. The minimum atomic E-state index is -0.0316. The summed E-state index contributed by atoms with van der Waals surface area (Å²) in [4.78, 5) is 18.5. The number of carbonyl (C=O) groups is 1. The number of benzene rings is 1. The third kappa shape index (κ3) is 2.83. The molecule has 5 nitrogen and oxygen atoms in total. The summed E-state index contributed by atoms with van der Waals surface area (Å²) in [5.41, 5.74) is 2.59. The van der Waals surface area contributed by atoms with Gasteiger partial charge in [-0.05, 0) is 18.2 Å². The van der Waals surface area contributed by atoms with Crippen LogP contribution in [-0.2, 0) is 4.74 Å². The second-order valence-corrected chi connectivity index (χ2v) is 4.99. The molecular formula is C17H15N3O2. The maximum atomic E-state index is 12.3. The van der Waals surface area contributed by atoms with Crippen LogP contribution in [0, 0.1) is 11.3 Å². The molecule has 3 rings (SSSR count). The SMILES string of the molecule is N#Cc1ccccc1-c1ccc(C(=O)N2CCOCC2)cn1. The first-order valence-electron chi connectivity index (χ1n) is 7.12. The summed E-state index contributed by atoms with van der Waals surface area (Å²) in [6, 6.07) is 13.0. The number of nitriles is 1. The molecule has 1 aliphatic rings. The highest BCUT2D eigenvalue weighted by Crippen LogP contribution is 2.21. The number of nitrogens with zero attached hydrogens (tertiary/aromatic N) is 3. The predicted molar refractivity (Wildman–Crippen MR) is 81.1 cm³/mol. The molecule has 0 spiro atoms. The average molecular weight is 293 g/mol. The molecule has 0 bridgehead atoms. The largest absolute Gasteiger partial charge is 0.378 e. The van der Waals surface area contributed by atoms with Gasteiger partial charge in [0.2, 0.25) is 0 Å². The molecule has 1 aromatic carbocycles. The smallest absolute Gasteiger partial charge is 0.255 e. The van der Waals surface area contributed by atoms with E-state index in [0.717, 1.165) is 5.56 Å². The van der Waals surface area contributed by atoms with Crippen LogP contribution in [0.15, 0.2) is 42.6 Å². The van der Waals surface area contributed by atoms with Crippen molar-refractivity contribution < 1.29 is 9.53 Å². The van der Waals surface area contributed by atoms with Crippen molar-refractivity contribution in [3.63, 3.8) is 0 Å². The molecule has 1 fully saturated rings. The topological polar surface area (TPSA) is 66.2 Å². The van der Waals surface area contributed by atoms with Crippen LogP contribution < -0.4 is 0 Å². The number of ether oxygens (including phenoxy) is 1. The quantitative estimate of drug-likeness (QED) is 0.850. The number of hydrogen-bond donors (Lipinski definition) is 0. The Hall–Kier alpha value is -2.71. The highest BCUT2D eigenvalue weighted by molar-refractivity contribution is 5.94. The number of carbonyl (C=O) groups excluding carboxylic acids is 1. The molecule has 22 heavy (non-hydrogen) atoms. The zero-order valence-corrected chi connectivity index (χ0v) is 12.0. The van der Waals surface area contributed by atoms with Crippen LogP contribution in [0.5, 0.6) is 0 Å². The van der Waals surface area contributed by atoms with Gasteiger partial charge in [-0.15, -0.1) is 0 Å². The Balaban J connectivity index is 1.83. The highest BCUT2D eigenvalue weighted by atomic mass is 16.5. The Morgan fingerprint density at radius 1 is 1.18 bits per heavy atom. The van der Waals surface area contributed by atoms with Crippen molar-refractivity contribution in [1.82, 2.24) is 9.88 Å². The molecule has 0 unspecified atom stereocenters. The van der Waals surface area contributed by atoms with Gasteiger partial charge < -0.3 is 9.64 Å². The first-order chi connectivity index (χ1) is 10.8. The third-order valence-electron chi connectivity index (χ3n) is 3.63. The fraction of sp³-hybridized carbons (Fsp3) is 0.235. The van der Waals surface area contributed by atoms with Crippen LogP contribution in [0.4, 0.5) is 0 Å². The lowest BCUT2D eigenvalue weighted by molar-refractivity contribution is 0.0302. The minimum absolute atomic E-state index is 0.0316. The second-order valence-electron chi connectivity index (χ2n) is 4.99. The summed E-state index contributed by atoms with van der Waals surface area (Å²) >= 11 is 0. The molecule has 5 heteroatoms. The van der Waals surface area contributed by atoms with Gasteiger partial charge in [-0.3, -0.25) is 9.78 Å². The monoisotopic (exact) mass is 293 g/mol. The van der Waals surface area contributed by atoms with Gasteiger partial charge in [-0.2, -0.15) is 5.26 Å². The van der Waals surface area contributed by atoms with Crippen LogP contribution in [0.1, 0.15) is 15.9 Å². The first-order valence-corrected chi connectivity index (χ1v) is 7.12. The number of amides is 1. The maximum Gasteiger partial charge on any atom is 0.255 e. The van der Waals surface area contributed by atoms with Crippen LogP contribution in [0.3, 0.4) is 0 Å². The van der Waals surface area contributed by atoms with E-state index in [1.807, 2.05) is 18.2 Å². The predicted octanol–water partition coefficient (Wildman–Crippen LogP) is 2.09. The van der Waals surface area contributed by atoms with E-state index in [-0.39, 0.29) is 5.91 Å². The molecule has 0 atom stereocenters. The molecule has 1 aromatic heterocycles. The number of hydrogen-bond acceptors (Lipinski definition) is 4. The first kappa shape index (κ1) is 14.2. The summed E-state index contributed by atoms with van der Waals surface area (Å²) < 4.78 is 5.25. The minimum Gasteiger partial charge on any atom is -0.378 e. The van der Waals surface area contributed by atoms with Crippen LogP contribution in [0.25, 0.3) is 11.3 Å². The van der Waals surface area contributed by atoms with Crippen LogP contribution in [-0.4, -0.2) is 42.1 Å². The molecule has 0 aliphatic carbocycles. The van der Waals surface area contributed by atoms with Crippen molar-refractivity contribution in [1.29, 1.82) is 5.26 Å². The average Bonchev–Trinajstić information content (AvgIpc) is 2.62. The van der Waals surface area contributed by atoms with Crippen molar-refractivity contribution in [2.24, 2.45) is 0 Å². The number of aromatic nitrogens is 1. The zero-order valence-electron chi connectivity index (χ0n) is 12.0. The van der Waals surface area contributed by atoms with E-state index in [1.165, 1.54) is 0 Å². The lowest BCUT2D eigenvalue weighted by Gasteiger charge is -2.26. The molecule has 1 aliphatic heterocycles. The number of pyridine rings is 1. The standard InChI is InChI=1S/C17H15N3O2/c18-11-13-3-1-2-4-15(13)16-6-5-14(12-19-16)17(21)20-7-9-22-10-8-20/h1-6,12H,7-10H2. The Morgan fingerprint density at radius 3 is 2.64 bits per heavy atom. The molecule has 0 radical (unpaired) electrons. The van der Waals surface area contributed by atoms with Crippen LogP contribution >= 0.6 is 0 Å². The molecule has 110 valence electrons. The third-order valence-corrected chi connectivity index (χ3v) is 3.63. The van der Waals surface area contributed by atoms with E-state index in [1.54, 1.807) is 29.3 Å². The van der Waals surface area contributed by atoms with Crippen molar-refractivity contribution >= 4 is 5.91 Å². The number of morpholine rings is 1. The summed E-state index contributed by atoms with van der Waals surface area (Å²) in [7, 11) is 0. The fourth-order valence-electron chi connectivity index (χ4n) is 2.43. The molecule has 0 saturated carbocycles. The van der Waals surface area contributed by atoms with E-state index in [4.69, 9.17) is 10.00 Å². The fourth-order valence-corrected chi connectivity index (χ4v) is 2.43. The van der Waals surface area contributed by atoms with E-state index in [2.05, 4.69) is 11.1 Å². The molecule has 2 aromatic rings. The molecule has 1 amide bonds. The van der Waals surface area contributed by atoms with Gasteiger partial charge in [-0.25, -0.2) is 0 Å². The van der Waals surface area contributed by atoms with E-state index in [9.17, 15) is 4.79 Å². The summed E-state index contributed by atoms with van der Waals surface area (Å²) in [6.07, 6.45) is 1.57. The summed E-state index contributed by atoms with van der Waals surface area (Å²) in [5, 5.41) is 9.14.